The topological polar surface area (TPSA) is 0 Å². The van der Waals surface area contributed by atoms with E-state index in [-0.39, 0.29) is 0 Å². The molecule has 0 spiro atoms. The van der Waals surface area contributed by atoms with E-state index in [1.807, 2.05) is 0 Å². The van der Waals surface area contributed by atoms with Crippen molar-refractivity contribution in [3.05, 3.63) is 46.0 Å². The highest BCUT2D eigenvalue weighted by molar-refractivity contribution is 9.10. The van der Waals surface area contributed by atoms with Gasteiger partial charge in [0.2, 0.25) is 0 Å². The van der Waals surface area contributed by atoms with E-state index in [2.05, 4.69) is 46.3 Å². The maximum Gasteiger partial charge on any atom is 0.0213 e. The summed E-state index contributed by atoms with van der Waals surface area (Å²) in [5, 5.41) is 0. The van der Waals surface area contributed by atoms with Crippen LogP contribution in [0.4, 0.5) is 0 Å². The van der Waals surface area contributed by atoms with Gasteiger partial charge >= 0.3 is 0 Å². The highest BCUT2D eigenvalue weighted by Crippen LogP contribution is 2.24. The lowest BCUT2D eigenvalue weighted by atomic mass is 9.97. The Morgan fingerprint density at radius 1 is 1.09 bits per heavy atom. The normalized spacial score (nSPS) is 14.6. The molecule has 1 aromatic rings. The van der Waals surface area contributed by atoms with Crippen LogP contribution in [0, 0.1) is 0 Å². The second-order valence-corrected chi connectivity index (χ2v) is 3.61. The molecule has 0 saturated carbocycles. The zero-order valence-electron chi connectivity index (χ0n) is 6.18. The molecule has 0 aliphatic heterocycles. The molecule has 0 aromatic heterocycles. The average molecular weight is 209 g/mol. The van der Waals surface area contributed by atoms with Gasteiger partial charge < -0.3 is 0 Å². The maximum absolute atomic E-state index is 3.55. The summed E-state index contributed by atoms with van der Waals surface area (Å²) in [6.45, 7) is 0. The second-order valence-electron chi connectivity index (χ2n) is 2.76. The Labute approximate surface area is 75.1 Å². The van der Waals surface area contributed by atoms with Crippen molar-refractivity contribution in [3.8, 4) is 0 Å². The predicted molar refractivity (Wildman–Crippen MR) is 50.7 cm³/mol. The van der Waals surface area contributed by atoms with Gasteiger partial charge in [-0.3, -0.25) is 0 Å². The van der Waals surface area contributed by atoms with Crippen LogP contribution < -0.4 is 0 Å². The van der Waals surface area contributed by atoms with Gasteiger partial charge in [0.1, 0.15) is 0 Å². The SMILES string of the molecule is Brc1cccc2c1CC=CC2. The molecule has 1 heteroatoms. The van der Waals surface area contributed by atoms with Crippen molar-refractivity contribution >= 4 is 15.9 Å². The average Bonchev–Trinajstić information content (AvgIpc) is 2.06. The number of benzene rings is 1. The van der Waals surface area contributed by atoms with Crippen LogP contribution in [0.15, 0.2) is 34.8 Å². The van der Waals surface area contributed by atoms with Gasteiger partial charge in [0, 0.05) is 4.47 Å². The summed E-state index contributed by atoms with van der Waals surface area (Å²) in [7, 11) is 0. The first-order valence-corrected chi connectivity index (χ1v) is 4.58. The Hall–Kier alpha value is -0.560. The van der Waals surface area contributed by atoms with E-state index in [1.165, 1.54) is 15.6 Å². The molecule has 0 amide bonds. The van der Waals surface area contributed by atoms with Crippen molar-refractivity contribution in [3.63, 3.8) is 0 Å². The number of allylic oxidation sites excluding steroid dienone is 2. The molecule has 56 valence electrons. The standard InChI is InChI=1S/C10H9Br/c11-10-7-3-5-8-4-1-2-6-9(8)10/h1-3,5,7H,4,6H2. The first-order chi connectivity index (χ1) is 5.38. The van der Waals surface area contributed by atoms with Crippen molar-refractivity contribution in [1.29, 1.82) is 0 Å². The van der Waals surface area contributed by atoms with Crippen LogP contribution in [0.3, 0.4) is 0 Å². The summed E-state index contributed by atoms with van der Waals surface area (Å²) in [4.78, 5) is 0. The number of hydrogen-bond acceptors (Lipinski definition) is 0. The quantitative estimate of drug-likeness (QED) is 0.576. The van der Waals surface area contributed by atoms with Crippen molar-refractivity contribution in [2.24, 2.45) is 0 Å². The van der Waals surface area contributed by atoms with Gasteiger partial charge in [0.15, 0.2) is 0 Å². The third kappa shape index (κ3) is 1.25. The number of fused-ring (bicyclic) bond motifs is 1. The van der Waals surface area contributed by atoms with E-state index in [9.17, 15) is 0 Å². The summed E-state index contributed by atoms with van der Waals surface area (Å²) in [6, 6.07) is 6.41. The van der Waals surface area contributed by atoms with Gasteiger partial charge in [0.05, 0.1) is 0 Å². The van der Waals surface area contributed by atoms with Crippen molar-refractivity contribution < 1.29 is 0 Å². The monoisotopic (exact) mass is 208 g/mol. The summed E-state index contributed by atoms with van der Waals surface area (Å²) in [6.07, 6.45) is 6.63. The summed E-state index contributed by atoms with van der Waals surface area (Å²) >= 11 is 3.55. The molecule has 0 radical (unpaired) electrons. The molecule has 0 fully saturated rings. The highest BCUT2D eigenvalue weighted by atomic mass is 79.9. The summed E-state index contributed by atoms with van der Waals surface area (Å²) < 4.78 is 1.25. The second kappa shape index (κ2) is 2.82. The minimum atomic E-state index is 1.08. The summed E-state index contributed by atoms with van der Waals surface area (Å²) in [5.74, 6) is 0. The molecule has 0 heterocycles. The Bertz CT molecular complexity index is 300. The van der Waals surface area contributed by atoms with Gasteiger partial charge in [-0.15, -0.1) is 0 Å². The third-order valence-corrected chi connectivity index (χ3v) is 2.79. The van der Waals surface area contributed by atoms with E-state index in [0.29, 0.717) is 0 Å². The van der Waals surface area contributed by atoms with E-state index in [4.69, 9.17) is 0 Å². The summed E-state index contributed by atoms with van der Waals surface area (Å²) in [5.41, 5.74) is 2.91. The van der Waals surface area contributed by atoms with Crippen LogP contribution in [-0.2, 0) is 12.8 Å². The van der Waals surface area contributed by atoms with Gasteiger partial charge in [-0.1, -0.05) is 40.2 Å². The molecule has 1 aliphatic rings. The van der Waals surface area contributed by atoms with Crippen LogP contribution in [0.5, 0.6) is 0 Å². The first-order valence-electron chi connectivity index (χ1n) is 3.79. The van der Waals surface area contributed by atoms with E-state index >= 15 is 0 Å². The molecule has 1 aliphatic carbocycles. The van der Waals surface area contributed by atoms with Gasteiger partial charge in [-0.25, -0.2) is 0 Å². The Balaban J connectivity index is 2.54. The molecule has 0 unspecified atom stereocenters. The van der Waals surface area contributed by atoms with E-state index in [0.717, 1.165) is 12.8 Å². The lowest BCUT2D eigenvalue weighted by Gasteiger charge is -2.11. The van der Waals surface area contributed by atoms with Crippen LogP contribution in [-0.4, -0.2) is 0 Å². The molecule has 0 bridgehead atoms. The minimum absolute atomic E-state index is 1.08. The first kappa shape index (κ1) is 7.11. The third-order valence-electron chi connectivity index (χ3n) is 2.04. The largest absolute Gasteiger partial charge is 0.0838 e. The molecule has 1 aromatic carbocycles. The van der Waals surface area contributed by atoms with Crippen molar-refractivity contribution in [2.45, 2.75) is 12.8 Å². The lowest BCUT2D eigenvalue weighted by Crippen LogP contribution is -1.97. The van der Waals surface area contributed by atoms with Gasteiger partial charge in [0.25, 0.3) is 0 Å². The zero-order chi connectivity index (χ0) is 7.68. The van der Waals surface area contributed by atoms with Crippen LogP contribution >= 0.6 is 15.9 Å². The Kier molecular flexibility index (Phi) is 1.82. The molecular formula is C10H9Br. The molecule has 0 saturated heterocycles. The zero-order valence-corrected chi connectivity index (χ0v) is 7.76. The molecule has 2 rings (SSSR count). The Morgan fingerprint density at radius 3 is 2.73 bits per heavy atom. The predicted octanol–water partition coefficient (Wildman–Crippen LogP) is 3.10. The van der Waals surface area contributed by atoms with Crippen LogP contribution in [0.1, 0.15) is 11.1 Å². The van der Waals surface area contributed by atoms with Crippen molar-refractivity contribution in [2.75, 3.05) is 0 Å². The fraction of sp³-hybridized carbons (Fsp3) is 0.200. The van der Waals surface area contributed by atoms with Gasteiger partial charge in [-0.05, 0) is 30.0 Å². The molecule has 11 heavy (non-hydrogen) atoms. The molecular weight excluding hydrogens is 200 g/mol. The lowest BCUT2D eigenvalue weighted by molar-refractivity contribution is 1.08. The van der Waals surface area contributed by atoms with E-state index < -0.39 is 0 Å². The minimum Gasteiger partial charge on any atom is -0.0838 e. The van der Waals surface area contributed by atoms with Crippen molar-refractivity contribution in [1.82, 2.24) is 0 Å². The molecule has 0 atom stereocenters. The number of hydrogen-bond donors (Lipinski definition) is 0. The fourth-order valence-electron chi connectivity index (χ4n) is 1.43. The van der Waals surface area contributed by atoms with Gasteiger partial charge in [-0.2, -0.15) is 0 Å². The smallest absolute Gasteiger partial charge is 0.0213 e. The van der Waals surface area contributed by atoms with Crippen LogP contribution in [0.25, 0.3) is 0 Å². The maximum atomic E-state index is 3.55. The number of rotatable bonds is 0. The Morgan fingerprint density at radius 2 is 1.91 bits per heavy atom. The fourth-order valence-corrected chi connectivity index (χ4v) is 2.00. The van der Waals surface area contributed by atoms with Crippen LogP contribution in [0.2, 0.25) is 0 Å². The highest BCUT2D eigenvalue weighted by Gasteiger charge is 2.06. The number of halogens is 1. The van der Waals surface area contributed by atoms with E-state index in [1.54, 1.807) is 0 Å². The molecule has 0 N–H and O–H groups in total. The molecule has 0 nitrogen and oxygen atoms in total.